The number of hydrogen-bond donors (Lipinski definition) is 1. The van der Waals surface area contributed by atoms with Gasteiger partial charge in [0.25, 0.3) is 0 Å². The topological polar surface area (TPSA) is 63.6 Å². The number of carbonyl (C=O) groups excluding carboxylic acids is 2. The summed E-state index contributed by atoms with van der Waals surface area (Å²) in [6.45, 7) is 8.57. The highest BCUT2D eigenvalue weighted by molar-refractivity contribution is 5.95. The number of Topliss-reactive ketones (excluding diaryl/α,β-unsaturated/α-hetero) is 1. The first-order valence-corrected chi connectivity index (χ1v) is 7.35. The fourth-order valence-corrected chi connectivity index (χ4v) is 2.54. The lowest BCUT2D eigenvalue weighted by Crippen LogP contribution is -2.11. The minimum Gasteiger partial charge on any atom is -0.507 e. The molecule has 0 aromatic heterocycles. The number of carbonyl (C=O) groups is 2. The van der Waals surface area contributed by atoms with Gasteiger partial charge >= 0.3 is 5.97 Å². The lowest BCUT2D eigenvalue weighted by atomic mass is 10.0. The maximum atomic E-state index is 12.4. The third kappa shape index (κ3) is 3.42. The van der Waals surface area contributed by atoms with Gasteiger partial charge in [0.15, 0.2) is 5.78 Å². The van der Waals surface area contributed by atoms with E-state index in [-0.39, 0.29) is 11.5 Å². The van der Waals surface area contributed by atoms with Crippen molar-refractivity contribution in [2.75, 3.05) is 0 Å². The van der Waals surface area contributed by atoms with Crippen LogP contribution < -0.4 is 4.74 Å². The Balaban J connectivity index is 2.36. The lowest BCUT2D eigenvalue weighted by Gasteiger charge is -2.13. The molecule has 120 valence electrons. The van der Waals surface area contributed by atoms with Crippen LogP contribution >= 0.6 is 0 Å². The molecular formula is C19H20O4. The average Bonchev–Trinajstić information content (AvgIpc) is 2.47. The Morgan fingerprint density at radius 3 is 1.70 bits per heavy atom. The van der Waals surface area contributed by atoms with Crippen molar-refractivity contribution in [3.8, 4) is 11.5 Å². The molecule has 0 aliphatic carbocycles. The molecule has 0 saturated carbocycles. The second-order valence-electron chi connectivity index (χ2n) is 5.84. The Morgan fingerprint density at radius 2 is 1.26 bits per heavy atom. The van der Waals surface area contributed by atoms with Crippen molar-refractivity contribution in [2.24, 2.45) is 0 Å². The zero-order chi connectivity index (χ0) is 17.3. The van der Waals surface area contributed by atoms with Crippen LogP contribution in [0.1, 0.15) is 49.9 Å². The van der Waals surface area contributed by atoms with Gasteiger partial charge in [0, 0.05) is 5.56 Å². The number of aromatic hydroxyl groups is 1. The van der Waals surface area contributed by atoms with Crippen LogP contribution in [-0.2, 0) is 0 Å². The molecule has 0 amide bonds. The Labute approximate surface area is 135 Å². The molecule has 2 aromatic rings. The normalized spacial score (nSPS) is 10.5. The van der Waals surface area contributed by atoms with Crippen LogP contribution in [0.3, 0.4) is 0 Å². The van der Waals surface area contributed by atoms with Crippen LogP contribution in [0, 0.1) is 27.7 Å². The predicted molar refractivity (Wildman–Crippen MR) is 88.5 cm³/mol. The molecule has 0 aliphatic heterocycles. The van der Waals surface area contributed by atoms with Gasteiger partial charge in [0.05, 0.1) is 5.56 Å². The average molecular weight is 312 g/mol. The number of hydrogen-bond acceptors (Lipinski definition) is 4. The van der Waals surface area contributed by atoms with Gasteiger partial charge in [-0.05, 0) is 81.1 Å². The van der Waals surface area contributed by atoms with Gasteiger partial charge < -0.3 is 9.84 Å². The molecular weight excluding hydrogens is 292 g/mol. The van der Waals surface area contributed by atoms with Gasteiger partial charge in [0.1, 0.15) is 11.5 Å². The quantitative estimate of drug-likeness (QED) is 0.527. The molecule has 0 heterocycles. The summed E-state index contributed by atoms with van der Waals surface area (Å²) in [5, 5.41) is 9.79. The zero-order valence-corrected chi connectivity index (χ0v) is 14.0. The molecule has 2 aromatic carbocycles. The summed E-state index contributed by atoms with van der Waals surface area (Å²) in [4.78, 5) is 23.9. The largest absolute Gasteiger partial charge is 0.507 e. The van der Waals surface area contributed by atoms with Crippen molar-refractivity contribution in [3.05, 3.63) is 57.6 Å². The summed E-state index contributed by atoms with van der Waals surface area (Å²) >= 11 is 0. The van der Waals surface area contributed by atoms with Crippen molar-refractivity contribution in [1.29, 1.82) is 0 Å². The van der Waals surface area contributed by atoms with Crippen LogP contribution in [-0.4, -0.2) is 16.9 Å². The van der Waals surface area contributed by atoms with E-state index < -0.39 is 5.97 Å². The van der Waals surface area contributed by atoms with E-state index >= 15 is 0 Å². The number of phenols is 1. The number of ketones is 1. The molecule has 4 nitrogen and oxygen atoms in total. The van der Waals surface area contributed by atoms with E-state index in [1.807, 2.05) is 0 Å². The van der Waals surface area contributed by atoms with Gasteiger partial charge in [-0.25, -0.2) is 4.79 Å². The van der Waals surface area contributed by atoms with Gasteiger partial charge in [-0.3, -0.25) is 4.79 Å². The maximum Gasteiger partial charge on any atom is 0.343 e. The molecule has 0 unspecified atom stereocenters. The van der Waals surface area contributed by atoms with Crippen LogP contribution in [0.25, 0.3) is 0 Å². The molecule has 4 heteroatoms. The summed E-state index contributed by atoms with van der Waals surface area (Å²) < 4.78 is 5.51. The summed E-state index contributed by atoms with van der Waals surface area (Å²) in [5.74, 6) is 0.125. The fourth-order valence-electron chi connectivity index (χ4n) is 2.54. The second kappa shape index (κ2) is 6.24. The van der Waals surface area contributed by atoms with Crippen LogP contribution in [0.4, 0.5) is 0 Å². The van der Waals surface area contributed by atoms with Crippen molar-refractivity contribution in [1.82, 2.24) is 0 Å². The Bertz CT molecular complexity index is 757. The molecule has 23 heavy (non-hydrogen) atoms. The fraction of sp³-hybridized carbons (Fsp3) is 0.263. The van der Waals surface area contributed by atoms with Crippen molar-refractivity contribution < 1.29 is 19.4 Å². The summed E-state index contributed by atoms with van der Waals surface area (Å²) in [6, 6.07) is 6.62. The number of rotatable bonds is 3. The summed E-state index contributed by atoms with van der Waals surface area (Å²) in [5.41, 5.74) is 3.68. The van der Waals surface area contributed by atoms with E-state index in [9.17, 15) is 14.7 Å². The number of phenolic OH excluding ortho intramolecular Hbond substituents is 1. The molecule has 2 rings (SSSR count). The molecule has 1 N–H and O–H groups in total. The van der Waals surface area contributed by atoms with Gasteiger partial charge in [0.2, 0.25) is 0 Å². The van der Waals surface area contributed by atoms with E-state index in [4.69, 9.17) is 4.74 Å². The Kier molecular flexibility index (Phi) is 4.55. The third-order valence-electron chi connectivity index (χ3n) is 3.79. The molecule has 0 aliphatic rings. The minimum atomic E-state index is -0.488. The van der Waals surface area contributed by atoms with E-state index in [1.54, 1.807) is 52.0 Å². The number of aryl methyl sites for hydroxylation is 4. The zero-order valence-electron chi connectivity index (χ0n) is 14.0. The molecule has 0 bridgehead atoms. The predicted octanol–water partition coefficient (Wildman–Crippen LogP) is 4.05. The van der Waals surface area contributed by atoms with Crippen molar-refractivity contribution >= 4 is 11.8 Å². The lowest BCUT2D eigenvalue weighted by molar-refractivity contribution is 0.0732. The first kappa shape index (κ1) is 16.7. The van der Waals surface area contributed by atoms with E-state index in [1.165, 1.54) is 6.92 Å². The smallest absolute Gasteiger partial charge is 0.343 e. The first-order valence-electron chi connectivity index (χ1n) is 7.35. The van der Waals surface area contributed by atoms with Crippen LogP contribution in [0.5, 0.6) is 11.5 Å². The molecule has 0 atom stereocenters. The van der Waals surface area contributed by atoms with E-state index in [2.05, 4.69) is 0 Å². The highest BCUT2D eigenvalue weighted by Crippen LogP contribution is 2.28. The molecule has 0 fully saturated rings. The van der Waals surface area contributed by atoms with Gasteiger partial charge in [-0.1, -0.05) is 0 Å². The van der Waals surface area contributed by atoms with Crippen LogP contribution in [0.15, 0.2) is 24.3 Å². The molecule has 0 saturated heterocycles. The Hall–Kier alpha value is -2.62. The van der Waals surface area contributed by atoms with Gasteiger partial charge in [-0.15, -0.1) is 0 Å². The minimum absolute atomic E-state index is 0.0288. The summed E-state index contributed by atoms with van der Waals surface area (Å²) in [6.07, 6.45) is 0. The first-order chi connectivity index (χ1) is 10.7. The summed E-state index contributed by atoms with van der Waals surface area (Å²) in [7, 11) is 0. The van der Waals surface area contributed by atoms with Gasteiger partial charge in [-0.2, -0.15) is 0 Å². The van der Waals surface area contributed by atoms with Crippen molar-refractivity contribution in [3.63, 3.8) is 0 Å². The standard InChI is InChI=1S/C19H20O4/c1-10-6-16(7-11(2)17(10)21)19(22)23-18-12(3)8-15(14(5)20)9-13(18)4/h6-9,21H,1-5H3. The SMILES string of the molecule is CC(=O)c1cc(C)c(OC(=O)c2cc(C)c(O)c(C)c2)c(C)c1. The maximum absolute atomic E-state index is 12.4. The Morgan fingerprint density at radius 1 is 0.826 bits per heavy atom. The number of ether oxygens (including phenoxy) is 1. The second-order valence-corrected chi connectivity index (χ2v) is 5.84. The number of benzene rings is 2. The number of esters is 1. The monoisotopic (exact) mass is 312 g/mol. The molecule has 0 radical (unpaired) electrons. The van der Waals surface area contributed by atoms with Crippen LogP contribution in [0.2, 0.25) is 0 Å². The van der Waals surface area contributed by atoms with Crippen molar-refractivity contribution in [2.45, 2.75) is 34.6 Å². The van der Waals surface area contributed by atoms with E-state index in [0.29, 0.717) is 28.0 Å². The van der Waals surface area contributed by atoms with E-state index in [0.717, 1.165) is 11.1 Å². The third-order valence-corrected chi connectivity index (χ3v) is 3.79. The molecule has 0 spiro atoms. The highest BCUT2D eigenvalue weighted by Gasteiger charge is 2.16. The highest BCUT2D eigenvalue weighted by atomic mass is 16.5.